The summed E-state index contributed by atoms with van der Waals surface area (Å²) in [6.07, 6.45) is 14.4. The topological polar surface area (TPSA) is 21.3 Å². The van der Waals surface area contributed by atoms with Crippen molar-refractivity contribution in [2.24, 2.45) is 5.92 Å². The van der Waals surface area contributed by atoms with E-state index >= 15 is 0 Å². The molecule has 0 spiro atoms. The summed E-state index contributed by atoms with van der Waals surface area (Å²) in [4.78, 5) is 0. The van der Waals surface area contributed by atoms with Crippen LogP contribution in [0.25, 0.3) is 0 Å². The van der Waals surface area contributed by atoms with Gasteiger partial charge in [0.2, 0.25) is 0 Å². The van der Waals surface area contributed by atoms with Gasteiger partial charge in [-0.05, 0) is 51.0 Å². The highest BCUT2D eigenvalue weighted by molar-refractivity contribution is 4.80. The molecule has 2 unspecified atom stereocenters. The molecule has 0 radical (unpaired) electrons. The first-order chi connectivity index (χ1) is 8.90. The van der Waals surface area contributed by atoms with Crippen molar-refractivity contribution in [3.63, 3.8) is 0 Å². The molecule has 2 atom stereocenters. The maximum absolute atomic E-state index is 5.69. The molecule has 2 heteroatoms. The van der Waals surface area contributed by atoms with Gasteiger partial charge >= 0.3 is 0 Å². The van der Waals surface area contributed by atoms with E-state index in [1.54, 1.807) is 0 Å². The van der Waals surface area contributed by atoms with E-state index < -0.39 is 0 Å². The van der Waals surface area contributed by atoms with Gasteiger partial charge in [0.25, 0.3) is 0 Å². The van der Waals surface area contributed by atoms with Gasteiger partial charge in [-0.25, -0.2) is 0 Å². The lowest BCUT2D eigenvalue weighted by Crippen LogP contribution is -2.35. The van der Waals surface area contributed by atoms with Crippen LogP contribution < -0.4 is 5.32 Å². The van der Waals surface area contributed by atoms with Crippen LogP contribution in [0.2, 0.25) is 0 Å². The van der Waals surface area contributed by atoms with Gasteiger partial charge in [0, 0.05) is 12.6 Å². The Morgan fingerprint density at radius 2 is 1.94 bits per heavy atom. The van der Waals surface area contributed by atoms with Gasteiger partial charge in [-0.15, -0.1) is 0 Å². The first-order valence-electron chi connectivity index (χ1n) is 8.25. The second-order valence-electron chi connectivity index (χ2n) is 6.13. The first kappa shape index (κ1) is 14.3. The molecule has 2 nitrogen and oxygen atoms in total. The van der Waals surface area contributed by atoms with E-state index in [-0.39, 0.29) is 0 Å². The fourth-order valence-corrected chi connectivity index (χ4v) is 3.73. The van der Waals surface area contributed by atoms with Crippen molar-refractivity contribution in [1.29, 1.82) is 0 Å². The summed E-state index contributed by atoms with van der Waals surface area (Å²) < 4.78 is 5.69. The summed E-state index contributed by atoms with van der Waals surface area (Å²) in [5.74, 6) is 0.965. The highest BCUT2D eigenvalue weighted by Gasteiger charge is 2.24. The maximum atomic E-state index is 5.69. The summed E-state index contributed by atoms with van der Waals surface area (Å²) in [7, 11) is 0. The molecule has 2 aliphatic rings. The van der Waals surface area contributed by atoms with E-state index in [4.69, 9.17) is 4.74 Å². The molecule has 0 aromatic carbocycles. The number of hydrogen-bond donors (Lipinski definition) is 1. The fourth-order valence-electron chi connectivity index (χ4n) is 3.73. The Kier molecular flexibility index (Phi) is 6.50. The average Bonchev–Trinajstić information content (AvgIpc) is 3.05. The molecule has 0 bridgehead atoms. The first-order valence-corrected chi connectivity index (χ1v) is 8.25. The van der Waals surface area contributed by atoms with Crippen molar-refractivity contribution in [3.05, 3.63) is 0 Å². The second-order valence-corrected chi connectivity index (χ2v) is 6.13. The Bertz CT molecular complexity index is 207. The quantitative estimate of drug-likeness (QED) is 0.663. The van der Waals surface area contributed by atoms with E-state index in [0.29, 0.717) is 6.10 Å². The van der Waals surface area contributed by atoms with E-state index in [0.717, 1.165) is 25.1 Å². The third-order valence-electron chi connectivity index (χ3n) is 4.75. The Morgan fingerprint density at radius 1 is 1.11 bits per heavy atom. The lowest BCUT2D eigenvalue weighted by molar-refractivity contribution is 0.101. The summed E-state index contributed by atoms with van der Waals surface area (Å²) in [6, 6.07) is 0.794. The molecule has 0 aromatic rings. The van der Waals surface area contributed by atoms with Crippen LogP contribution in [-0.4, -0.2) is 25.3 Å². The van der Waals surface area contributed by atoms with Crippen molar-refractivity contribution in [1.82, 2.24) is 5.32 Å². The van der Waals surface area contributed by atoms with Crippen LogP contribution in [0.3, 0.4) is 0 Å². The minimum absolute atomic E-state index is 0.592. The highest BCUT2D eigenvalue weighted by atomic mass is 16.5. The number of unbranched alkanes of at least 4 members (excludes halogenated alkanes) is 1. The minimum atomic E-state index is 0.592. The number of hydrogen-bond acceptors (Lipinski definition) is 2. The summed E-state index contributed by atoms with van der Waals surface area (Å²) in [5.41, 5.74) is 0. The summed E-state index contributed by atoms with van der Waals surface area (Å²) in [5, 5.41) is 3.72. The van der Waals surface area contributed by atoms with Gasteiger partial charge in [-0.1, -0.05) is 32.6 Å². The van der Waals surface area contributed by atoms with Crippen LogP contribution in [0, 0.1) is 5.92 Å². The van der Waals surface area contributed by atoms with Crippen molar-refractivity contribution in [2.75, 3.05) is 13.2 Å². The summed E-state index contributed by atoms with van der Waals surface area (Å²) >= 11 is 0. The van der Waals surface area contributed by atoms with Crippen LogP contribution in [0.1, 0.15) is 71.1 Å². The van der Waals surface area contributed by atoms with Crippen LogP contribution in [0.4, 0.5) is 0 Å². The minimum Gasteiger partial charge on any atom is -0.378 e. The zero-order chi connectivity index (χ0) is 12.6. The van der Waals surface area contributed by atoms with Gasteiger partial charge in [-0.2, -0.15) is 0 Å². The Morgan fingerprint density at radius 3 is 2.61 bits per heavy atom. The lowest BCUT2D eigenvalue weighted by atomic mass is 9.93. The van der Waals surface area contributed by atoms with Crippen LogP contribution in [0.5, 0.6) is 0 Å². The van der Waals surface area contributed by atoms with Crippen LogP contribution in [-0.2, 0) is 4.74 Å². The van der Waals surface area contributed by atoms with Crippen molar-refractivity contribution in [2.45, 2.75) is 83.3 Å². The van der Waals surface area contributed by atoms with Gasteiger partial charge in [0.15, 0.2) is 0 Å². The van der Waals surface area contributed by atoms with Gasteiger partial charge in [0.1, 0.15) is 0 Å². The van der Waals surface area contributed by atoms with Crippen molar-refractivity contribution < 1.29 is 4.74 Å². The van der Waals surface area contributed by atoms with Gasteiger partial charge in [0.05, 0.1) is 6.10 Å². The molecule has 2 fully saturated rings. The smallest absolute Gasteiger partial charge is 0.0576 e. The molecule has 18 heavy (non-hydrogen) atoms. The molecule has 2 rings (SSSR count). The van der Waals surface area contributed by atoms with Crippen LogP contribution in [0.15, 0.2) is 0 Å². The lowest BCUT2D eigenvalue weighted by Gasteiger charge is -2.24. The Hall–Kier alpha value is -0.0800. The molecule has 1 saturated heterocycles. The van der Waals surface area contributed by atoms with Gasteiger partial charge < -0.3 is 10.1 Å². The SMILES string of the molecule is CCNC(CCCCC1CCCO1)C1CCCC1. The highest BCUT2D eigenvalue weighted by Crippen LogP contribution is 2.30. The standard InChI is InChI=1S/C16H31NO/c1-2-17-16(14-8-3-4-9-14)12-6-5-10-15-11-7-13-18-15/h14-17H,2-13H2,1H3. The molecular formula is C16H31NO. The molecule has 1 heterocycles. The third-order valence-corrected chi connectivity index (χ3v) is 4.75. The van der Waals surface area contributed by atoms with E-state index in [1.807, 2.05) is 0 Å². The van der Waals surface area contributed by atoms with Crippen molar-refractivity contribution >= 4 is 0 Å². The predicted molar refractivity (Wildman–Crippen MR) is 76.9 cm³/mol. The van der Waals surface area contributed by atoms with E-state index in [2.05, 4.69) is 12.2 Å². The summed E-state index contributed by atoms with van der Waals surface area (Å²) in [6.45, 7) is 4.38. The molecule has 1 aliphatic heterocycles. The molecular weight excluding hydrogens is 222 g/mol. The number of rotatable bonds is 8. The number of ether oxygens (including phenoxy) is 1. The predicted octanol–water partition coefficient (Wildman–Crippen LogP) is 3.89. The average molecular weight is 253 g/mol. The van der Waals surface area contributed by atoms with E-state index in [9.17, 15) is 0 Å². The molecule has 1 saturated carbocycles. The molecule has 0 amide bonds. The molecule has 0 aromatic heterocycles. The Labute approximate surface area is 113 Å². The Balaban J connectivity index is 1.59. The van der Waals surface area contributed by atoms with Gasteiger partial charge in [-0.3, -0.25) is 0 Å². The monoisotopic (exact) mass is 253 g/mol. The molecule has 1 N–H and O–H groups in total. The zero-order valence-corrected chi connectivity index (χ0v) is 12.1. The molecule has 1 aliphatic carbocycles. The maximum Gasteiger partial charge on any atom is 0.0576 e. The zero-order valence-electron chi connectivity index (χ0n) is 12.1. The molecule has 106 valence electrons. The number of nitrogens with one attached hydrogen (secondary N) is 1. The normalized spacial score (nSPS) is 26.8. The van der Waals surface area contributed by atoms with E-state index in [1.165, 1.54) is 64.2 Å². The largest absolute Gasteiger partial charge is 0.378 e. The second kappa shape index (κ2) is 8.16. The fraction of sp³-hybridized carbons (Fsp3) is 1.00. The van der Waals surface area contributed by atoms with Crippen molar-refractivity contribution in [3.8, 4) is 0 Å². The van der Waals surface area contributed by atoms with Crippen LogP contribution >= 0.6 is 0 Å². The third kappa shape index (κ3) is 4.55.